The SMILES string of the molecule is CC/C=C\C/C=C\C/C=C\C/C=C\C/C=C\C/C=C\CCC(=O)NC(COC1OC(CO)C(O)C(O)C1O)C(O)CCCCCCCCC. The number of hydrogen-bond donors (Lipinski definition) is 6. The molecular formula is C40H67NO8. The molecule has 9 nitrogen and oxygen atoms in total. The molecule has 0 aromatic rings. The summed E-state index contributed by atoms with van der Waals surface area (Å²) in [5.74, 6) is -0.236. The van der Waals surface area contributed by atoms with Gasteiger partial charge in [-0.25, -0.2) is 0 Å². The van der Waals surface area contributed by atoms with E-state index in [1.165, 1.54) is 25.7 Å². The highest BCUT2D eigenvalue weighted by Gasteiger charge is 2.44. The Balaban J connectivity index is 2.44. The van der Waals surface area contributed by atoms with Crippen molar-refractivity contribution in [2.24, 2.45) is 0 Å². The first kappa shape index (κ1) is 44.7. The van der Waals surface area contributed by atoms with E-state index in [1.54, 1.807) is 0 Å². The van der Waals surface area contributed by atoms with Gasteiger partial charge >= 0.3 is 0 Å². The highest BCUT2D eigenvalue weighted by Crippen LogP contribution is 2.22. The Kier molecular flexibility index (Phi) is 27.8. The zero-order chi connectivity index (χ0) is 36.0. The number of allylic oxidation sites excluding steroid dienone is 12. The second-order valence-electron chi connectivity index (χ2n) is 12.6. The number of carbonyl (C=O) groups excluding carboxylic acids is 1. The van der Waals surface area contributed by atoms with Crippen LogP contribution in [0.25, 0.3) is 0 Å². The number of carbonyl (C=O) groups is 1. The van der Waals surface area contributed by atoms with E-state index in [1.807, 2.05) is 12.2 Å². The van der Waals surface area contributed by atoms with E-state index in [9.17, 15) is 30.3 Å². The van der Waals surface area contributed by atoms with Gasteiger partial charge < -0.3 is 40.3 Å². The van der Waals surface area contributed by atoms with Crippen LogP contribution in [-0.4, -0.2) is 87.5 Å². The third kappa shape index (κ3) is 22.1. The van der Waals surface area contributed by atoms with Crippen LogP contribution in [0, 0.1) is 0 Å². The molecule has 49 heavy (non-hydrogen) atoms. The van der Waals surface area contributed by atoms with Gasteiger partial charge in [-0.2, -0.15) is 0 Å². The Morgan fingerprint density at radius 3 is 1.76 bits per heavy atom. The summed E-state index contributed by atoms with van der Waals surface area (Å²) in [6, 6.07) is -0.759. The zero-order valence-corrected chi connectivity index (χ0v) is 30.2. The van der Waals surface area contributed by atoms with Gasteiger partial charge in [-0.15, -0.1) is 0 Å². The van der Waals surface area contributed by atoms with Crippen molar-refractivity contribution >= 4 is 5.91 Å². The quantitative estimate of drug-likeness (QED) is 0.0416. The van der Waals surface area contributed by atoms with Gasteiger partial charge in [-0.1, -0.05) is 132 Å². The van der Waals surface area contributed by atoms with Gasteiger partial charge in [-0.05, 0) is 51.4 Å². The van der Waals surface area contributed by atoms with Crippen molar-refractivity contribution < 1.29 is 39.8 Å². The highest BCUT2D eigenvalue weighted by atomic mass is 16.7. The first-order valence-corrected chi connectivity index (χ1v) is 18.6. The maximum Gasteiger partial charge on any atom is 0.220 e. The maximum absolute atomic E-state index is 12.8. The van der Waals surface area contributed by atoms with Crippen molar-refractivity contribution in [1.82, 2.24) is 5.32 Å². The van der Waals surface area contributed by atoms with Gasteiger partial charge in [0.05, 0.1) is 25.4 Å². The summed E-state index contributed by atoms with van der Waals surface area (Å²) in [6.45, 7) is 3.58. The summed E-state index contributed by atoms with van der Waals surface area (Å²) in [4.78, 5) is 12.8. The van der Waals surface area contributed by atoms with E-state index in [4.69, 9.17) is 9.47 Å². The van der Waals surface area contributed by atoms with Gasteiger partial charge in [0.1, 0.15) is 24.4 Å². The fraction of sp³-hybridized carbons (Fsp3) is 0.675. The molecule has 1 amide bonds. The average Bonchev–Trinajstić information content (AvgIpc) is 3.10. The standard InChI is InChI=1S/C40H67NO8/c1-3-5-7-9-11-12-13-14-15-16-17-18-19-20-21-22-24-26-28-30-36(44)41-33(34(43)29-27-25-23-10-8-6-4-2)32-48-40-39(47)38(46)37(45)35(31-42)49-40/h5,7,11-12,14-15,17-18,20-21,24,26,33-35,37-40,42-43,45-47H,3-4,6,8-10,13,16,19,22-23,25,27-32H2,1-2H3,(H,41,44)/b7-5-,12-11-,15-14-,18-17-,21-20-,26-24-. The molecule has 280 valence electrons. The molecule has 0 bridgehead atoms. The van der Waals surface area contributed by atoms with E-state index < -0.39 is 49.5 Å². The molecule has 6 N–H and O–H groups in total. The summed E-state index contributed by atoms with van der Waals surface area (Å²) in [5.41, 5.74) is 0. The van der Waals surface area contributed by atoms with Crippen molar-refractivity contribution in [2.45, 2.75) is 159 Å². The normalized spacial score (nSPS) is 23.3. The van der Waals surface area contributed by atoms with E-state index in [0.29, 0.717) is 12.8 Å². The van der Waals surface area contributed by atoms with Crippen LogP contribution >= 0.6 is 0 Å². The number of aliphatic hydroxyl groups excluding tert-OH is 5. The van der Waals surface area contributed by atoms with Crippen LogP contribution in [0.3, 0.4) is 0 Å². The van der Waals surface area contributed by atoms with Crippen LogP contribution in [0.5, 0.6) is 0 Å². The van der Waals surface area contributed by atoms with Crippen LogP contribution in [0.4, 0.5) is 0 Å². The van der Waals surface area contributed by atoms with Crippen LogP contribution in [-0.2, 0) is 14.3 Å². The van der Waals surface area contributed by atoms with Crippen molar-refractivity contribution in [3.8, 4) is 0 Å². The number of amides is 1. The van der Waals surface area contributed by atoms with Gasteiger partial charge in [0.2, 0.25) is 5.91 Å². The van der Waals surface area contributed by atoms with Gasteiger partial charge in [0, 0.05) is 6.42 Å². The minimum absolute atomic E-state index is 0.175. The lowest BCUT2D eigenvalue weighted by Crippen LogP contribution is -2.60. The molecule has 0 saturated carbocycles. The smallest absolute Gasteiger partial charge is 0.220 e. The molecule has 1 aliphatic heterocycles. The monoisotopic (exact) mass is 689 g/mol. The van der Waals surface area contributed by atoms with Crippen LogP contribution in [0.15, 0.2) is 72.9 Å². The second-order valence-corrected chi connectivity index (χ2v) is 12.6. The first-order chi connectivity index (χ1) is 23.8. The molecule has 1 heterocycles. The largest absolute Gasteiger partial charge is 0.394 e. The van der Waals surface area contributed by atoms with Crippen molar-refractivity contribution in [1.29, 1.82) is 0 Å². The van der Waals surface area contributed by atoms with Crippen molar-refractivity contribution in [3.63, 3.8) is 0 Å². The molecule has 0 aliphatic carbocycles. The molecule has 0 aromatic heterocycles. The lowest BCUT2D eigenvalue weighted by atomic mass is 9.99. The third-order valence-electron chi connectivity index (χ3n) is 8.34. The van der Waals surface area contributed by atoms with Crippen molar-refractivity contribution in [2.75, 3.05) is 13.2 Å². The molecule has 0 spiro atoms. The van der Waals surface area contributed by atoms with E-state index in [-0.39, 0.29) is 18.9 Å². The van der Waals surface area contributed by atoms with Crippen LogP contribution in [0.1, 0.15) is 117 Å². The minimum Gasteiger partial charge on any atom is -0.394 e. The topological polar surface area (TPSA) is 149 Å². The third-order valence-corrected chi connectivity index (χ3v) is 8.34. The van der Waals surface area contributed by atoms with Gasteiger partial charge in [0.15, 0.2) is 6.29 Å². The van der Waals surface area contributed by atoms with Crippen LogP contribution in [0.2, 0.25) is 0 Å². The Labute approximate surface area is 296 Å². The number of rotatable bonds is 28. The molecule has 1 aliphatic rings. The predicted molar refractivity (Wildman–Crippen MR) is 198 cm³/mol. The summed E-state index contributed by atoms with van der Waals surface area (Å²) in [5, 5.41) is 53.7. The molecule has 0 aromatic carbocycles. The Morgan fingerprint density at radius 2 is 1.22 bits per heavy atom. The number of ether oxygens (including phenoxy) is 2. The molecule has 0 radical (unpaired) electrons. The van der Waals surface area contributed by atoms with Gasteiger partial charge in [-0.3, -0.25) is 4.79 Å². The van der Waals surface area contributed by atoms with E-state index in [2.05, 4.69) is 79.9 Å². The second kappa shape index (κ2) is 30.5. The lowest BCUT2D eigenvalue weighted by Gasteiger charge is -2.40. The molecule has 1 rings (SSSR count). The fourth-order valence-corrected chi connectivity index (χ4v) is 5.30. The van der Waals surface area contributed by atoms with E-state index >= 15 is 0 Å². The number of nitrogens with one attached hydrogen (secondary N) is 1. The maximum atomic E-state index is 12.8. The molecule has 7 atom stereocenters. The first-order valence-electron chi connectivity index (χ1n) is 18.6. The zero-order valence-electron chi connectivity index (χ0n) is 30.2. The Bertz CT molecular complexity index is 989. The Hall–Kier alpha value is -2.37. The lowest BCUT2D eigenvalue weighted by molar-refractivity contribution is -0.302. The number of aliphatic hydroxyl groups is 5. The predicted octanol–water partition coefficient (Wildman–Crippen LogP) is 6.27. The molecular weight excluding hydrogens is 622 g/mol. The average molecular weight is 690 g/mol. The van der Waals surface area contributed by atoms with Gasteiger partial charge in [0.25, 0.3) is 0 Å². The minimum atomic E-state index is -1.57. The van der Waals surface area contributed by atoms with Crippen molar-refractivity contribution in [3.05, 3.63) is 72.9 Å². The summed E-state index contributed by atoms with van der Waals surface area (Å²) < 4.78 is 11.1. The summed E-state index contributed by atoms with van der Waals surface area (Å²) in [7, 11) is 0. The number of unbranched alkanes of at least 4 members (excludes halogenated alkanes) is 6. The summed E-state index contributed by atoms with van der Waals surface area (Å²) in [6.07, 6.45) is 32.3. The highest BCUT2D eigenvalue weighted by molar-refractivity contribution is 5.76. The molecule has 1 saturated heterocycles. The summed E-state index contributed by atoms with van der Waals surface area (Å²) >= 11 is 0. The molecule has 9 heteroatoms. The Morgan fingerprint density at radius 1 is 0.714 bits per heavy atom. The molecule has 1 fully saturated rings. The van der Waals surface area contributed by atoms with Crippen LogP contribution < -0.4 is 5.32 Å². The number of hydrogen-bond acceptors (Lipinski definition) is 8. The fourth-order valence-electron chi connectivity index (χ4n) is 5.30. The van der Waals surface area contributed by atoms with E-state index in [0.717, 1.165) is 57.8 Å². The molecule has 7 unspecified atom stereocenters.